The predicted molar refractivity (Wildman–Crippen MR) is 70.6 cm³/mol. The third-order valence-electron chi connectivity index (χ3n) is 3.91. The van der Waals surface area contributed by atoms with Crippen LogP contribution in [0, 0.1) is 5.82 Å². The summed E-state index contributed by atoms with van der Waals surface area (Å²) in [5.74, 6) is -0.313. The predicted octanol–water partition coefficient (Wildman–Crippen LogP) is 3.29. The molecule has 19 heavy (non-hydrogen) atoms. The first-order valence-corrected chi connectivity index (χ1v) is 6.56. The molecule has 0 saturated carbocycles. The molecule has 2 aromatic rings. The van der Waals surface area contributed by atoms with Gasteiger partial charge in [-0.3, -0.25) is 4.79 Å². The van der Waals surface area contributed by atoms with Crippen LogP contribution in [0.4, 0.5) is 4.39 Å². The maximum atomic E-state index is 13.4. The summed E-state index contributed by atoms with van der Waals surface area (Å²) in [5.41, 5.74) is 3.19. The van der Waals surface area contributed by atoms with E-state index >= 15 is 0 Å². The number of carbonyl (C=O) groups is 1. The number of halogens is 1. The number of fused-ring (bicyclic) bond motifs is 3. The van der Waals surface area contributed by atoms with Crippen molar-refractivity contribution in [1.29, 1.82) is 0 Å². The van der Waals surface area contributed by atoms with Gasteiger partial charge in [-0.15, -0.1) is 0 Å². The van der Waals surface area contributed by atoms with Gasteiger partial charge in [0.25, 0.3) is 0 Å². The van der Waals surface area contributed by atoms with E-state index in [-0.39, 0.29) is 17.7 Å². The second-order valence-electron chi connectivity index (χ2n) is 5.08. The lowest BCUT2D eigenvalue weighted by Crippen LogP contribution is -2.14. The Bertz CT molecular complexity index is 632. The first kappa shape index (κ1) is 12.2. The summed E-state index contributed by atoms with van der Waals surface area (Å²) >= 11 is 0. The molecule has 1 aromatic carbocycles. The summed E-state index contributed by atoms with van der Waals surface area (Å²) in [6, 6.07) is 4.78. The molecule has 0 spiro atoms. The fourth-order valence-electron chi connectivity index (χ4n) is 3.06. The zero-order chi connectivity index (χ0) is 13.4. The Morgan fingerprint density at radius 1 is 1.53 bits per heavy atom. The molecule has 4 heteroatoms. The van der Waals surface area contributed by atoms with Gasteiger partial charge >= 0.3 is 5.97 Å². The Labute approximate surface area is 110 Å². The Hall–Kier alpha value is -1.84. The van der Waals surface area contributed by atoms with E-state index < -0.39 is 0 Å². The molecule has 100 valence electrons. The second-order valence-corrected chi connectivity index (χ2v) is 5.08. The van der Waals surface area contributed by atoms with E-state index in [4.69, 9.17) is 4.74 Å². The smallest absolute Gasteiger partial charge is 0.306 e. The van der Waals surface area contributed by atoms with Crippen LogP contribution >= 0.6 is 0 Å². The number of H-pyrrole nitrogens is 1. The summed E-state index contributed by atoms with van der Waals surface area (Å²) in [5, 5.41) is 0.906. The van der Waals surface area contributed by atoms with Gasteiger partial charge in [0.15, 0.2) is 0 Å². The minimum absolute atomic E-state index is 0.131. The number of benzene rings is 1. The van der Waals surface area contributed by atoms with E-state index in [1.165, 1.54) is 13.2 Å². The second kappa shape index (κ2) is 4.68. The fraction of sp³-hybridized carbons (Fsp3) is 0.400. The first-order chi connectivity index (χ1) is 9.19. The summed E-state index contributed by atoms with van der Waals surface area (Å²) in [7, 11) is 1.40. The van der Waals surface area contributed by atoms with Crippen LogP contribution in [0.3, 0.4) is 0 Å². The van der Waals surface area contributed by atoms with Gasteiger partial charge in [0.2, 0.25) is 0 Å². The molecule has 1 heterocycles. The topological polar surface area (TPSA) is 42.1 Å². The number of esters is 1. The molecular formula is C15H16FNO2. The quantitative estimate of drug-likeness (QED) is 0.843. The van der Waals surface area contributed by atoms with E-state index in [0.717, 1.165) is 41.4 Å². The van der Waals surface area contributed by atoms with Crippen LogP contribution in [0.5, 0.6) is 0 Å². The van der Waals surface area contributed by atoms with Gasteiger partial charge in [-0.2, -0.15) is 0 Å². The van der Waals surface area contributed by atoms with E-state index in [9.17, 15) is 9.18 Å². The van der Waals surface area contributed by atoms with Crippen LogP contribution in [0.15, 0.2) is 18.2 Å². The molecule has 0 aliphatic heterocycles. The van der Waals surface area contributed by atoms with Crippen molar-refractivity contribution in [2.45, 2.75) is 31.6 Å². The normalized spacial score (nSPS) is 18.3. The maximum absolute atomic E-state index is 13.4. The molecule has 0 fully saturated rings. The standard InChI is InChI=1S/C15H16FNO2/c1-19-14(18)7-9-3-2-4-13-15(9)11-8-10(16)5-6-12(11)17-13/h5-6,8-9,17H,2-4,7H2,1H3. The monoisotopic (exact) mass is 261 g/mol. The van der Waals surface area contributed by atoms with Crippen molar-refractivity contribution in [3.05, 3.63) is 35.3 Å². The van der Waals surface area contributed by atoms with Crippen LogP contribution < -0.4 is 0 Å². The Kier molecular flexibility index (Phi) is 3.01. The summed E-state index contributed by atoms with van der Waals surface area (Å²) in [6.45, 7) is 0. The van der Waals surface area contributed by atoms with Crippen LogP contribution in [0.2, 0.25) is 0 Å². The fourth-order valence-corrected chi connectivity index (χ4v) is 3.06. The number of aryl methyl sites for hydroxylation is 1. The third kappa shape index (κ3) is 2.11. The van der Waals surface area contributed by atoms with Crippen molar-refractivity contribution in [1.82, 2.24) is 4.98 Å². The highest BCUT2D eigenvalue weighted by molar-refractivity contribution is 5.86. The molecule has 1 aromatic heterocycles. The van der Waals surface area contributed by atoms with E-state index in [0.29, 0.717) is 6.42 Å². The number of carbonyl (C=O) groups excluding carboxylic acids is 1. The van der Waals surface area contributed by atoms with Gasteiger partial charge in [-0.1, -0.05) is 0 Å². The number of ether oxygens (including phenoxy) is 1. The van der Waals surface area contributed by atoms with Crippen molar-refractivity contribution >= 4 is 16.9 Å². The van der Waals surface area contributed by atoms with Crippen LogP contribution in [-0.4, -0.2) is 18.1 Å². The minimum atomic E-state index is -0.239. The molecule has 1 aliphatic carbocycles. The van der Waals surface area contributed by atoms with Gasteiger partial charge < -0.3 is 9.72 Å². The highest BCUT2D eigenvalue weighted by Gasteiger charge is 2.26. The lowest BCUT2D eigenvalue weighted by molar-refractivity contribution is -0.141. The number of hydrogen-bond acceptors (Lipinski definition) is 2. The number of hydrogen-bond donors (Lipinski definition) is 1. The number of nitrogens with one attached hydrogen (secondary N) is 1. The molecule has 3 rings (SSSR count). The van der Waals surface area contributed by atoms with Crippen LogP contribution in [-0.2, 0) is 16.0 Å². The average molecular weight is 261 g/mol. The van der Waals surface area contributed by atoms with Crippen molar-refractivity contribution in [2.24, 2.45) is 0 Å². The first-order valence-electron chi connectivity index (χ1n) is 6.56. The van der Waals surface area contributed by atoms with Gasteiger partial charge in [0, 0.05) is 16.6 Å². The molecule has 0 bridgehead atoms. The molecule has 3 nitrogen and oxygen atoms in total. The van der Waals surface area contributed by atoms with Crippen molar-refractivity contribution in [2.75, 3.05) is 7.11 Å². The summed E-state index contributed by atoms with van der Waals surface area (Å²) < 4.78 is 18.2. The van der Waals surface area contributed by atoms with E-state index in [1.807, 2.05) is 0 Å². The van der Waals surface area contributed by atoms with E-state index in [1.54, 1.807) is 12.1 Å². The molecule has 1 N–H and O–H groups in total. The lowest BCUT2D eigenvalue weighted by atomic mass is 9.83. The van der Waals surface area contributed by atoms with Crippen LogP contribution in [0.1, 0.15) is 36.4 Å². The number of methoxy groups -OCH3 is 1. The average Bonchev–Trinajstić information content (AvgIpc) is 2.77. The highest BCUT2D eigenvalue weighted by Crippen LogP contribution is 2.39. The van der Waals surface area contributed by atoms with Crippen molar-refractivity contribution < 1.29 is 13.9 Å². The van der Waals surface area contributed by atoms with Gasteiger partial charge in [-0.25, -0.2) is 4.39 Å². The largest absolute Gasteiger partial charge is 0.469 e. The molecule has 1 unspecified atom stereocenters. The van der Waals surface area contributed by atoms with Crippen molar-refractivity contribution in [3.63, 3.8) is 0 Å². The minimum Gasteiger partial charge on any atom is -0.469 e. The molecular weight excluding hydrogens is 245 g/mol. The molecule has 1 atom stereocenters. The third-order valence-corrected chi connectivity index (χ3v) is 3.91. The van der Waals surface area contributed by atoms with Crippen LogP contribution in [0.25, 0.3) is 10.9 Å². The Morgan fingerprint density at radius 2 is 2.37 bits per heavy atom. The van der Waals surface area contributed by atoms with Gasteiger partial charge in [0.05, 0.1) is 13.5 Å². The maximum Gasteiger partial charge on any atom is 0.306 e. The zero-order valence-electron chi connectivity index (χ0n) is 10.8. The number of aromatic amines is 1. The summed E-state index contributed by atoms with van der Waals surface area (Å²) in [6.07, 6.45) is 3.33. The van der Waals surface area contributed by atoms with Gasteiger partial charge in [-0.05, 0) is 48.9 Å². The number of aromatic nitrogens is 1. The highest BCUT2D eigenvalue weighted by atomic mass is 19.1. The lowest BCUT2D eigenvalue weighted by Gasteiger charge is -2.22. The summed E-state index contributed by atoms with van der Waals surface area (Å²) in [4.78, 5) is 14.9. The molecule has 0 amide bonds. The number of rotatable bonds is 2. The van der Waals surface area contributed by atoms with E-state index in [2.05, 4.69) is 4.98 Å². The molecule has 0 saturated heterocycles. The SMILES string of the molecule is COC(=O)CC1CCCc2[nH]c3ccc(F)cc3c21. The molecule has 1 aliphatic rings. The zero-order valence-corrected chi connectivity index (χ0v) is 10.8. The molecule has 0 radical (unpaired) electrons. The van der Waals surface area contributed by atoms with Gasteiger partial charge in [0.1, 0.15) is 5.82 Å². The Morgan fingerprint density at radius 3 is 3.16 bits per heavy atom. The Balaban J connectivity index is 2.08. The van der Waals surface area contributed by atoms with Crippen molar-refractivity contribution in [3.8, 4) is 0 Å².